The normalized spacial score (nSPS) is 16.8. The second-order valence-electron chi connectivity index (χ2n) is 5.84. The SMILES string of the molecule is Cc1ccc2c(c1)O[C@@H](C)CN2Cc1ccc(C(N)=O)cc1. The standard InChI is InChI=1S/C18H20N2O2/c1-12-3-8-16-17(9-12)22-13(2)10-20(16)11-14-4-6-15(7-5-14)18(19)21/h3-9,13H,10-11H2,1-2H3,(H2,19,21)/t13-/m0/s1. The Morgan fingerprint density at radius 3 is 2.68 bits per heavy atom. The van der Waals surface area contributed by atoms with Crippen molar-refractivity contribution in [1.82, 2.24) is 0 Å². The van der Waals surface area contributed by atoms with Crippen LogP contribution >= 0.6 is 0 Å². The van der Waals surface area contributed by atoms with Gasteiger partial charge in [-0.15, -0.1) is 0 Å². The maximum atomic E-state index is 11.1. The van der Waals surface area contributed by atoms with Gasteiger partial charge in [-0.3, -0.25) is 4.79 Å². The molecule has 1 amide bonds. The summed E-state index contributed by atoms with van der Waals surface area (Å²) in [5, 5.41) is 0. The zero-order valence-electron chi connectivity index (χ0n) is 12.9. The number of nitrogens with two attached hydrogens (primary N) is 1. The molecule has 1 aliphatic heterocycles. The van der Waals surface area contributed by atoms with Crippen LogP contribution in [0.15, 0.2) is 42.5 Å². The highest BCUT2D eigenvalue weighted by atomic mass is 16.5. The summed E-state index contributed by atoms with van der Waals surface area (Å²) >= 11 is 0. The molecule has 0 bridgehead atoms. The van der Waals surface area contributed by atoms with Gasteiger partial charge in [0.2, 0.25) is 5.91 Å². The number of hydrogen-bond donors (Lipinski definition) is 1. The molecule has 0 saturated heterocycles. The van der Waals surface area contributed by atoms with Crippen LogP contribution in [0.1, 0.15) is 28.4 Å². The topological polar surface area (TPSA) is 55.6 Å². The lowest BCUT2D eigenvalue weighted by atomic mass is 10.1. The van der Waals surface area contributed by atoms with Crippen LogP contribution in [0.4, 0.5) is 5.69 Å². The van der Waals surface area contributed by atoms with Crippen molar-refractivity contribution in [2.24, 2.45) is 5.73 Å². The zero-order chi connectivity index (χ0) is 15.7. The Hall–Kier alpha value is -2.49. The molecule has 1 aliphatic rings. The van der Waals surface area contributed by atoms with Gasteiger partial charge in [-0.25, -0.2) is 0 Å². The highest BCUT2D eigenvalue weighted by Crippen LogP contribution is 2.35. The van der Waals surface area contributed by atoms with Crippen LogP contribution in [0.5, 0.6) is 5.75 Å². The number of ether oxygens (including phenoxy) is 1. The molecule has 22 heavy (non-hydrogen) atoms. The van der Waals surface area contributed by atoms with Gasteiger partial charge in [-0.2, -0.15) is 0 Å². The molecule has 0 spiro atoms. The molecule has 0 unspecified atom stereocenters. The van der Waals surface area contributed by atoms with E-state index in [2.05, 4.69) is 36.9 Å². The minimum absolute atomic E-state index is 0.152. The molecule has 2 aromatic rings. The summed E-state index contributed by atoms with van der Waals surface area (Å²) in [5.74, 6) is 0.542. The monoisotopic (exact) mass is 296 g/mol. The molecule has 3 rings (SSSR count). The summed E-state index contributed by atoms with van der Waals surface area (Å²) in [4.78, 5) is 13.4. The van der Waals surface area contributed by atoms with Gasteiger partial charge in [0.25, 0.3) is 0 Å². The fraction of sp³-hybridized carbons (Fsp3) is 0.278. The van der Waals surface area contributed by atoms with Crippen LogP contribution in [0.2, 0.25) is 0 Å². The molecule has 1 atom stereocenters. The highest BCUT2D eigenvalue weighted by Gasteiger charge is 2.22. The Labute approximate surface area is 130 Å². The number of carbonyl (C=O) groups excluding carboxylic acids is 1. The molecule has 0 aromatic heterocycles. The van der Waals surface area contributed by atoms with Crippen molar-refractivity contribution in [1.29, 1.82) is 0 Å². The van der Waals surface area contributed by atoms with Gasteiger partial charge in [-0.05, 0) is 49.2 Å². The van der Waals surface area contributed by atoms with Crippen molar-refractivity contribution in [3.05, 3.63) is 59.2 Å². The second-order valence-corrected chi connectivity index (χ2v) is 5.84. The number of amides is 1. The molecule has 2 aromatic carbocycles. The minimum atomic E-state index is -0.396. The van der Waals surface area contributed by atoms with Gasteiger partial charge < -0.3 is 15.4 Å². The fourth-order valence-corrected chi connectivity index (χ4v) is 2.78. The van der Waals surface area contributed by atoms with Crippen molar-refractivity contribution < 1.29 is 9.53 Å². The van der Waals surface area contributed by atoms with E-state index in [4.69, 9.17) is 10.5 Å². The smallest absolute Gasteiger partial charge is 0.248 e. The van der Waals surface area contributed by atoms with E-state index in [0.29, 0.717) is 5.56 Å². The Bertz CT molecular complexity index is 695. The molecular formula is C18H20N2O2. The van der Waals surface area contributed by atoms with Crippen molar-refractivity contribution in [2.45, 2.75) is 26.5 Å². The Balaban J connectivity index is 1.85. The van der Waals surface area contributed by atoms with E-state index in [9.17, 15) is 4.79 Å². The average molecular weight is 296 g/mol. The van der Waals surface area contributed by atoms with Gasteiger partial charge >= 0.3 is 0 Å². The van der Waals surface area contributed by atoms with Crippen LogP contribution in [0.25, 0.3) is 0 Å². The van der Waals surface area contributed by atoms with Crippen LogP contribution in [0, 0.1) is 6.92 Å². The Morgan fingerprint density at radius 2 is 2.00 bits per heavy atom. The van der Waals surface area contributed by atoms with Crippen LogP contribution in [-0.4, -0.2) is 18.6 Å². The molecule has 0 radical (unpaired) electrons. The van der Waals surface area contributed by atoms with E-state index >= 15 is 0 Å². The second kappa shape index (κ2) is 5.72. The first-order chi connectivity index (χ1) is 10.5. The average Bonchev–Trinajstić information content (AvgIpc) is 2.47. The number of anilines is 1. The molecule has 4 nitrogen and oxygen atoms in total. The van der Waals surface area contributed by atoms with Gasteiger partial charge in [0.15, 0.2) is 0 Å². The van der Waals surface area contributed by atoms with Crippen molar-refractivity contribution in [3.8, 4) is 5.75 Å². The lowest BCUT2D eigenvalue weighted by Crippen LogP contribution is -2.38. The van der Waals surface area contributed by atoms with Gasteiger partial charge in [0, 0.05) is 12.1 Å². The van der Waals surface area contributed by atoms with Gasteiger partial charge in [-0.1, -0.05) is 18.2 Å². The first-order valence-corrected chi connectivity index (χ1v) is 7.44. The lowest BCUT2D eigenvalue weighted by molar-refractivity contribution is 0.100. The van der Waals surface area contributed by atoms with Crippen molar-refractivity contribution in [3.63, 3.8) is 0 Å². The van der Waals surface area contributed by atoms with E-state index in [1.54, 1.807) is 12.1 Å². The summed E-state index contributed by atoms with van der Waals surface area (Å²) in [5.41, 5.74) is 9.27. The summed E-state index contributed by atoms with van der Waals surface area (Å²) < 4.78 is 5.93. The zero-order valence-corrected chi connectivity index (χ0v) is 12.9. The number of fused-ring (bicyclic) bond motifs is 1. The van der Waals surface area contributed by atoms with Crippen molar-refractivity contribution >= 4 is 11.6 Å². The largest absolute Gasteiger partial charge is 0.487 e. The molecule has 2 N–H and O–H groups in total. The van der Waals surface area contributed by atoms with E-state index < -0.39 is 5.91 Å². The highest BCUT2D eigenvalue weighted by molar-refractivity contribution is 5.92. The lowest BCUT2D eigenvalue weighted by Gasteiger charge is -2.35. The number of primary amides is 1. The first kappa shape index (κ1) is 14.4. The summed E-state index contributed by atoms with van der Waals surface area (Å²) in [6, 6.07) is 13.7. The molecular weight excluding hydrogens is 276 g/mol. The predicted molar refractivity (Wildman–Crippen MR) is 87.3 cm³/mol. The first-order valence-electron chi connectivity index (χ1n) is 7.44. The molecule has 0 saturated carbocycles. The third kappa shape index (κ3) is 2.91. The molecule has 0 fully saturated rings. The maximum Gasteiger partial charge on any atom is 0.248 e. The van der Waals surface area contributed by atoms with Gasteiger partial charge in [0.05, 0.1) is 12.2 Å². The summed E-state index contributed by atoms with van der Waals surface area (Å²) in [7, 11) is 0. The van der Waals surface area contributed by atoms with Crippen molar-refractivity contribution in [2.75, 3.05) is 11.4 Å². The number of nitrogens with zero attached hydrogens (tertiary/aromatic N) is 1. The van der Waals surface area contributed by atoms with Crippen LogP contribution in [0.3, 0.4) is 0 Å². The third-order valence-corrected chi connectivity index (χ3v) is 3.87. The number of carbonyl (C=O) groups is 1. The fourth-order valence-electron chi connectivity index (χ4n) is 2.78. The predicted octanol–water partition coefficient (Wildman–Crippen LogP) is 2.88. The molecule has 1 heterocycles. The van der Waals surface area contributed by atoms with Crippen LogP contribution in [-0.2, 0) is 6.54 Å². The molecule has 0 aliphatic carbocycles. The number of rotatable bonds is 3. The quantitative estimate of drug-likeness (QED) is 0.947. The number of hydrogen-bond acceptors (Lipinski definition) is 3. The maximum absolute atomic E-state index is 11.1. The summed E-state index contributed by atoms with van der Waals surface area (Å²) in [6.07, 6.45) is 0.152. The van der Waals surface area contributed by atoms with Gasteiger partial charge in [0.1, 0.15) is 11.9 Å². The van der Waals surface area contributed by atoms with E-state index in [0.717, 1.165) is 30.1 Å². The Kier molecular flexibility index (Phi) is 3.75. The summed E-state index contributed by atoms with van der Waals surface area (Å²) in [6.45, 7) is 5.76. The third-order valence-electron chi connectivity index (χ3n) is 3.87. The molecule has 4 heteroatoms. The van der Waals surface area contributed by atoms with Crippen LogP contribution < -0.4 is 15.4 Å². The Morgan fingerprint density at radius 1 is 1.27 bits per heavy atom. The number of benzene rings is 2. The number of aryl methyl sites for hydroxylation is 1. The minimum Gasteiger partial charge on any atom is -0.487 e. The molecule has 114 valence electrons. The van der Waals surface area contributed by atoms with E-state index in [1.165, 1.54) is 5.56 Å². The van der Waals surface area contributed by atoms with E-state index in [1.807, 2.05) is 12.1 Å². The van der Waals surface area contributed by atoms with E-state index in [-0.39, 0.29) is 6.10 Å².